The van der Waals surface area contributed by atoms with Crippen molar-refractivity contribution in [3.05, 3.63) is 24.2 Å². The molecule has 0 spiro atoms. The third kappa shape index (κ3) is 4.01. The number of furan rings is 1. The van der Waals surface area contributed by atoms with E-state index < -0.39 is 9.84 Å². The van der Waals surface area contributed by atoms with Crippen molar-refractivity contribution in [3.8, 4) is 0 Å². The molecule has 0 bridgehead atoms. The monoisotopic (exact) mass is 329 g/mol. The predicted octanol–water partition coefficient (Wildman–Crippen LogP) is 0.711. The Labute approximate surface area is 131 Å². The van der Waals surface area contributed by atoms with Crippen LogP contribution in [0.15, 0.2) is 22.8 Å². The lowest BCUT2D eigenvalue weighted by atomic mass is 10.2. The molecule has 124 valence electrons. The third-order valence-corrected chi connectivity index (χ3v) is 5.77. The predicted molar refractivity (Wildman–Crippen MR) is 83.4 cm³/mol. The maximum absolute atomic E-state index is 12.2. The van der Waals surface area contributed by atoms with E-state index in [0.29, 0.717) is 13.0 Å². The summed E-state index contributed by atoms with van der Waals surface area (Å²) >= 11 is 0. The lowest BCUT2D eigenvalue weighted by Gasteiger charge is -2.27. The molecule has 2 heterocycles. The molecule has 1 N–H and O–H groups in total. The summed E-state index contributed by atoms with van der Waals surface area (Å²) < 4.78 is 28.4. The van der Waals surface area contributed by atoms with Crippen LogP contribution >= 0.6 is 0 Å². The lowest BCUT2D eigenvalue weighted by molar-refractivity contribution is 0.187. The topological polar surface area (TPSA) is 82.9 Å². The average molecular weight is 329 g/mol. The summed E-state index contributed by atoms with van der Waals surface area (Å²) in [5.41, 5.74) is 0. The lowest BCUT2D eigenvalue weighted by Crippen LogP contribution is -2.46. The maximum Gasteiger partial charge on any atom is 0.317 e. The van der Waals surface area contributed by atoms with Crippen molar-refractivity contribution < 1.29 is 17.6 Å². The summed E-state index contributed by atoms with van der Waals surface area (Å²) in [7, 11) is 2.46. The Morgan fingerprint density at radius 1 is 1.45 bits per heavy atom. The normalized spacial score (nSPS) is 21.7. The van der Waals surface area contributed by atoms with Crippen LogP contribution < -0.4 is 5.32 Å². The molecule has 0 aliphatic carbocycles. The Balaban J connectivity index is 1.91. The number of hydrogen-bond acceptors (Lipinski definition) is 5. The molecule has 1 saturated heterocycles. The number of hydrogen-bond donors (Lipinski definition) is 1. The number of urea groups is 1. The number of amides is 2. The minimum Gasteiger partial charge on any atom is -0.468 e. The zero-order chi connectivity index (χ0) is 16.3. The van der Waals surface area contributed by atoms with Crippen molar-refractivity contribution in [2.75, 3.05) is 39.2 Å². The minimum atomic E-state index is -3.00. The first kappa shape index (κ1) is 16.8. The molecule has 2 atom stereocenters. The molecule has 2 rings (SSSR count). The van der Waals surface area contributed by atoms with Crippen LogP contribution in [0, 0.1) is 0 Å². The molecule has 1 aromatic heterocycles. The molecule has 0 saturated carbocycles. The van der Waals surface area contributed by atoms with Gasteiger partial charge in [-0.2, -0.15) is 0 Å². The second-order valence-corrected chi connectivity index (χ2v) is 8.08. The molecule has 0 unspecified atom stereocenters. The highest BCUT2D eigenvalue weighted by atomic mass is 32.2. The van der Waals surface area contributed by atoms with Gasteiger partial charge in [-0.1, -0.05) is 0 Å². The van der Waals surface area contributed by atoms with Crippen molar-refractivity contribution in [2.24, 2.45) is 0 Å². The highest BCUT2D eigenvalue weighted by molar-refractivity contribution is 7.91. The fourth-order valence-electron chi connectivity index (χ4n) is 2.57. The summed E-state index contributed by atoms with van der Waals surface area (Å²) in [6, 6.07) is 3.10. The largest absolute Gasteiger partial charge is 0.468 e. The number of nitrogens with one attached hydrogen (secondary N) is 1. The SMILES string of the molecule is CN(C)[C@@H](CNC(=O)N(C)[C@H]1CCS(=O)(=O)C1)c1ccco1. The highest BCUT2D eigenvalue weighted by Gasteiger charge is 2.33. The van der Waals surface area contributed by atoms with Crippen LogP contribution in [0.2, 0.25) is 0 Å². The van der Waals surface area contributed by atoms with E-state index in [2.05, 4.69) is 5.32 Å². The van der Waals surface area contributed by atoms with Crippen molar-refractivity contribution in [1.82, 2.24) is 15.1 Å². The molecular weight excluding hydrogens is 306 g/mol. The summed E-state index contributed by atoms with van der Waals surface area (Å²) in [4.78, 5) is 15.7. The van der Waals surface area contributed by atoms with E-state index in [4.69, 9.17) is 4.42 Å². The van der Waals surface area contributed by atoms with Gasteiger partial charge in [0.15, 0.2) is 9.84 Å². The third-order valence-electron chi connectivity index (χ3n) is 4.02. The summed E-state index contributed by atoms with van der Waals surface area (Å²) in [6.07, 6.45) is 2.10. The van der Waals surface area contributed by atoms with Gasteiger partial charge in [0.1, 0.15) is 5.76 Å². The minimum absolute atomic E-state index is 0.0478. The van der Waals surface area contributed by atoms with Crippen molar-refractivity contribution in [3.63, 3.8) is 0 Å². The van der Waals surface area contributed by atoms with Crippen LogP contribution in [-0.2, 0) is 9.84 Å². The van der Waals surface area contributed by atoms with E-state index in [1.165, 1.54) is 4.90 Å². The molecule has 1 fully saturated rings. The smallest absolute Gasteiger partial charge is 0.317 e. The Bertz CT molecular complexity index is 598. The fourth-order valence-corrected chi connectivity index (χ4v) is 4.35. The summed E-state index contributed by atoms with van der Waals surface area (Å²) in [5.74, 6) is 0.977. The number of rotatable bonds is 5. The molecule has 8 heteroatoms. The molecule has 1 aliphatic rings. The van der Waals surface area contributed by atoms with Gasteiger partial charge in [-0.25, -0.2) is 13.2 Å². The van der Waals surface area contributed by atoms with Gasteiger partial charge in [0.05, 0.1) is 23.8 Å². The Morgan fingerprint density at radius 2 is 2.18 bits per heavy atom. The van der Waals surface area contributed by atoms with E-state index in [-0.39, 0.29) is 29.6 Å². The maximum atomic E-state index is 12.2. The summed E-state index contributed by atoms with van der Waals surface area (Å²) in [5, 5.41) is 2.85. The molecule has 0 aromatic carbocycles. The van der Waals surface area contributed by atoms with E-state index in [9.17, 15) is 13.2 Å². The first-order valence-electron chi connectivity index (χ1n) is 7.21. The number of carbonyl (C=O) groups is 1. The van der Waals surface area contributed by atoms with Crippen molar-refractivity contribution in [2.45, 2.75) is 18.5 Å². The van der Waals surface area contributed by atoms with Gasteiger partial charge in [-0.3, -0.25) is 4.90 Å². The van der Waals surface area contributed by atoms with Crippen LogP contribution in [0.25, 0.3) is 0 Å². The van der Waals surface area contributed by atoms with Gasteiger partial charge in [-0.15, -0.1) is 0 Å². The Hall–Kier alpha value is -1.54. The van der Waals surface area contributed by atoms with Crippen LogP contribution in [0.3, 0.4) is 0 Å². The van der Waals surface area contributed by atoms with Gasteiger partial charge >= 0.3 is 6.03 Å². The van der Waals surface area contributed by atoms with Crippen molar-refractivity contribution in [1.29, 1.82) is 0 Å². The fraction of sp³-hybridized carbons (Fsp3) is 0.643. The number of nitrogens with zero attached hydrogens (tertiary/aromatic N) is 2. The Kier molecular flexibility index (Phi) is 5.12. The zero-order valence-electron chi connectivity index (χ0n) is 13.2. The Morgan fingerprint density at radius 3 is 2.68 bits per heavy atom. The number of sulfone groups is 1. The molecule has 1 aliphatic heterocycles. The standard InChI is InChI=1S/C14H23N3O4S/c1-16(2)12(13-5-4-7-21-13)9-15-14(18)17(3)11-6-8-22(19,20)10-11/h4-5,7,11-12H,6,8-10H2,1-3H3,(H,15,18)/t11-,12-/m0/s1. The average Bonchev–Trinajstić information content (AvgIpc) is 3.07. The van der Waals surface area contributed by atoms with Gasteiger partial charge in [0.2, 0.25) is 0 Å². The van der Waals surface area contributed by atoms with Gasteiger partial charge in [-0.05, 0) is 32.6 Å². The van der Waals surface area contributed by atoms with E-state index in [0.717, 1.165) is 5.76 Å². The quantitative estimate of drug-likeness (QED) is 0.860. The number of carbonyl (C=O) groups excluding carboxylic acids is 1. The first-order valence-corrected chi connectivity index (χ1v) is 9.03. The molecule has 2 amide bonds. The molecular formula is C14H23N3O4S. The van der Waals surface area contributed by atoms with E-state index in [1.54, 1.807) is 13.3 Å². The second kappa shape index (κ2) is 6.70. The van der Waals surface area contributed by atoms with Gasteiger partial charge in [0.25, 0.3) is 0 Å². The zero-order valence-corrected chi connectivity index (χ0v) is 14.0. The number of likely N-dealkylation sites (N-methyl/N-ethyl adjacent to an activating group) is 1. The molecule has 1 aromatic rings. The van der Waals surface area contributed by atoms with E-state index >= 15 is 0 Å². The van der Waals surface area contributed by atoms with Gasteiger partial charge in [0, 0.05) is 19.6 Å². The first-order chi connectivity index (χ1) is 10.3. The van der Waals surface area contributed by atoms with Crippen LogP contribution in [0.1, 0.15) is 18.2 Å². The van der Waals surface area contributed by atoms with Crippen LogP contribution in [0.5, 0.6) is 0 Å². The van der Waals surface area contributed by atoms with Crippen LogP contribution in [-0.4, -0.2) is 69.5 Å². The van der Waals surface area contributed by atoms with Gasteiger partial charge < -0.3 is 14.6 Å². The molecule has 0 radical (unpaired) electrons. The summed E-state index contributed by atoms with van der Waals surface area (Å²) in [6.45, 7) is 0.392. The molecule has 7 nitrogen and oxygen atoms in total. The second-order valence-electron chi connectivity index (χ2n) is 5.85. The molecule has 22 heavy (non-hydrogen) atoms. The van der Waals surface area contributed by atoms with Crippen LogP contribution in [0.4, 0.5) is 4.79 Å². The highest BCUT2D eigenvalue weighted by Crippen LogP contribution is 2.19. The van der Waals surface area contributed by atoms with E-state index in [1.807, 2.05) is 31.1 Å². The van der Waals surface area contributed by atoms with Crippen molar-refractivity contribution >= 4 is 15.9 Å².